The lowest BCUT2D eigenvalue weighted by molar-refractivity contribution is -0.914. The van der Waals surface area contributed by atoms with Crippen molar-refractivity contribution in [2.45, 2.75) is 32.7 Å². The number of rotatable bonds is 4. The molecule has 3 aromatic rings. The monoisotopic (exact) mass is 407 g/mol. The summed E-state index contributed by atoms with van der Waals surface area (Å²) in [4.78, 5) is 16.0. The minimum atomic E-state index is -0.266. The van der Waals surface area contributed by atoms with E-state index in [0.717, 1.165) is 49.4 Å². The first-order valence-corrected chi connectivity index (χ1v) is 10.6. The largest absolute Gasteiger partial charge is 0.497 e. The van der Waals surface area contributed by atoms with Gasteiger partial charge in [-0.15, -0.1) is 0 Å². The second kappa shape index (κ2) is 8.15. The molecule has 0 bridgehead atoms. The topological polar surface area (TPSA) is 47.1 Å². The number of ether oxygens (including phenoxy) is 1. The molecule has 4 rings (SSSR count). The highest BCUT2D eigenvalue weighted by Gasteiger charge is 2.22. The van der Waals surface area contributed by atoms with Gasteiger partial charge in [0.1, 0.15) is 17.9 Å². The van der Waals surface area contributed by atoms with Crippen LogP contribution in [-0.4, -0.2) is 33.3 Å². The minimum absolute atomic E-state index is 0.0540. The van der Waals surface area contributed by atoms with Crippen LogP contribution in [0.25, 0.3) is 11.0 Å². The summed E-state index contributed by atoms with van der Waals surface area (Å²) in [6, 6.07) is 16.1. The molecular weight excluding hydrogens is 376 g/mol. The average molecular weight is 408 g/mol. The van der Waals surface area contributed by atoms with E-state index in [0.29, 0.717) is 5.58 Å². The molecule has 1 aliphatic rings. The van der Waals surface area contributed by atoms with Crippen LogP contribution in [0.1, 0.15) is 31.9 Å². The molecule has 2 aromatic carbocycles. The van der Waals surface area contributed by atoms with E-state index in [1.54, 1.807) is 13.2 Å². The molecule has 30 heavy (non-hydrogen) atoms. The molecule has 1 N–H and O–H groups in total. The molecule has 1 saturated heterocycles. The summed E-state index contributed by atoms with van der Waals surface area (Å²) < 4.78 is 10.7. The van der Waals surface area contributed by atoms with Crippen molar-refractivity contribution in [3.05, 3.63) is 70.1 Å². The van der Waals surface area contributed by atoms with Crippen LogP contribution in [0.2, 0.25) is 0 Å². The number of quaternary nitrogens is 1. The highest BCUT2D eigenvalue weighted by molar-refractivity contribution is 5.81. The third-order valence-electron chi connectivity index (χ3n) is 6.04. The van der Waals surface area contributed by atoms with Gasteiger partial charge in [-0.05, 0) is 47.4 Å². The molecule has 0 spiro atoms. The number of anilines is 1. The summed E-state index contributed by atoms with van der Waals surface area (Å²) in [7, 11) is 1.69. The van der Waals surface area contributed by atoms with Crippen LogP contribution < -0.4 is 20.2 Å². The summed E-state index contributed by atoms with van der Waals surface area (Å²) in [6.07, 6.45) is 0. The van der Waals surface area contributed by atoms with Gasteiger partial charge in [-0.1, -0.05) is 26.8 Å². The van der Waals surface area contributed by atoms with Gasteiger partial charge in [-0.3, -0.25) is 0 Å². The number of hydrogen-bond donors (Lipinski definition) is 1. The van der Waals surface area contributed by atoms with Crippen molar-refractivity contribution in [1.82, 2.24) is 0 Å². The van der Waals surface area contributed by atoms with Gasteiger partial charge >= 0.3 is 5.63 Å². The quantitative estimate of drug-likeness (QED) is 0.676. The van der Waals surface area contributed by atoms with Crippen LogP contribution in [0.5, 0.6) is 5.75 Å². The van der Waals surface area contributed by atoms with Crippen LogP contribution in [0.3, 0.4) is 0 Å². The predicted molar refractivity (Wildman–Crippen MR) is 121 cm³/mol. The van der Waals surface area contributed by atoms with Crippen LogP contribution >= 0.6 is 0 Å². The Hall–Kier alpha value is -2.79. The molecule has 0 atom stereocenters. The van der Waals surface area contributed by atoms with E-state index in [9.17, 15) is 4.79 Å². The van der Waals surface area contributed by atoms with Gasteiger partial charge in [-0.2, -0.15) is 0 Å². The van der Waals surface area contributed by atoms with Gasteiger partial charge in [0.05, 0.1) is 33.3 Å². The van der Waals surface area contributed by atoms with Crippen LogP contribution in [0.15, 0.2) is 57.7 Å². The molecule has 1 fully saturated rings. The molecule has 1 aromatic heterocycles. The third kappa shape index (κ3) is 4.36. The van der Waals surface area contributed by atoms with Crippen molar-refractivity contribution in [3.63, 3.8) is 0 Å². The molecule has 5 heteroatoms. The first kappa shape index (κ1) is 20.5. The Labute approximate surface area is 177 Å². The molecule has 0 aliphatic carbocycles. The zero-order valence-corrected chi connectivity index (χ0v) is 18.3. The Morgan fingerprint density at radius 1 is 1.03 bits per heavy atom. The molecule has 0 saturated carbocycles. The van der Waals surface area contributed by atoms with Gasteiger partial charge in [0, 0.05) is 22.7 Å². The van der Waals surface area contributed by atoms with Gasteiger partial charge in [0.2, 0.25) is 0 Å². The van der Waals surface area contributed by atoms with Crippen molar-refractivity contribution in [3.8, 4) is 5.75 Å². The van der Waals surface area contributed by atoms with Crippen molar-refractivity contribution < 1.29 is 14.1 Å². The second-order valence-corrected chi connectivity index (χ2v) is 9.16. The van der Waals surface area contributed by atoms with E-state index in [4.69, 9.17) is 9.15 Å². The lowest BCUT2D eigenvalue weighted by Crippen LogP contribution is -3.13. The zero-order valence-electron chi connectivity index (χ0n) is 18.3. The normalized spacial score (nSPS) is 15.5. The number of piperazine rings is 1. The number of methoxy groups -OCH3 is 1. The number of benzene rings is 2. The highest BCUT2D eigenvalue weighted by Crippen LogP contribution is 2.27. The summed E-state index contributed by atoms with van der Waals surface area (Å²) in [5.41, 5.74) is 4.04. The van der Waals surface area contributed by atoms with E-state index < -0.39 is 0 Å². The molecule has 0 amide bonds. The average Bonchev–Trinajstić information content (AvgIpc) is 2.73. The van der Waals surface area contributed by atoms with Gasteiger partial charge < -0.3 is 19.0 Å². The fourth-order valence-electron chi connectivity index (χ4n) is 4.16. The minimum Gasteiger partial charge on any atom is -0.497 e. The Balaban J connectivity index is 1.51. The molecule has 1 aliphatic heterocycles. The van der Waals surface area contributed by atoms with E-state index in [2.05, 4.69) is 49.9 Å². The number of fused-ring (bicyclic) bond motifs is 1. The number of nitrogens with zero attached hydrogens (tertiary/aromatic N) is 1. The smallest absolute Gasteiger partial charge is 0.336 e. The molecular formula is C25H31N2O3+. The van der Waals surface area contributed by atoms with Crippen molar-refractivity contribution >= 4 is 16.7 Å². The van der Waals surface area contributed by atoms with Crippen LogP contribution in [0, 0.1) is 0 Å². The van der Waals surface area contributed by atoms with Crippen molar-refractivity contribution in [2.75, 3.05) is 38.2 Å². The fourth-order valence-corrected chi connectivity index (χ4v) is 4.16. The summed E-state index contributed by atoms with van der Waals surface area (Å²) in [5, 5.41) is 1.06. The summed E-state index contributed by atoms with van der Waals surface area (Å²) >= 11 is 0. The number of hydrogen-bond acceptors (Lipinski definition) is 4. The molecule has 158 valence electrons. The fraction of sp³-hybridized carbons (Fsp3) is 0.400. The van der Waals surface area contributed by atoms with E-state index in [1.165, 1.54) is 16.2 Å². The maximum atomic E-state index is 12.1. The Bertz CT molecular complexity index is 1070. The maximum Gasteiger partial charge on any atom is 0.336 e. The van der Waals surface area contributed by atoms with Crippen LogP contribution in [0.4, 0.5) is 5.69 Å². The Morgan fingerprint density at radius 3 is 2.37 bits per heavy atom. The van der Waals surface area contributed by atoms with Crippen molar-refractivity contribution in [2.24, 2.45) is 0 Å². The van der Waals surface area contributed by atoms with Gasteiger partial charge in [0.25, 0.3) is 0 Å². The zero-order chi connectivity index (χ0) is 21.3. The SMILES string of the molecule is COc1ccc(N2CC[NH+](Cc3cc(=O)oc4ccc(C(C)(C)C)cc34)CC2)cc1. The second-order valence-electron chi connectivity index (χ2n) is 9.16. The first-order chi connectivity index (χ1) is 14.3. The van der Waals surface area contributed by atoms with Crippen LogP contribution in [-0.2, 0) is 12.0 Å². The van der Waals surface area contributed by atoms with E-state index in [-0.39, 0.29) is 11.0 Å². The Morgan fingerprint density at radius 2 is 1.73 bits per heavy atom. The number of nitrogens with one attached hydrogen (secondary N) is 1. The molecule has 0 unspecified atom stereocenters. The van der Waals surface area contributed by atoms with Gasteiger partial charge in [-0.25, -0.2) is 4.79 Å². The Kier molecular flexibility index (Phi) is 5.56. The molecule has 5 nitrogen and oxygen atoms in total. The standard InChI is InChI=1S/C25H30N2O3/c1-25(2,3)19-5-10-23-22(16-19)18(15-24(28)30-23)17-26-11-13-27(14-12-26)20-6-8-21(29-4)9-7-20/h5-10,15-16H,11-14,17H2,1-4H3/p+1. The lowest BCUT2D eigenvalue weighted by atomic mass is 9.86. The van der Waals surface area contributed by atoms with Gasteiger partial charge in [0.15, 0.2) is 0 Å². The summed E-state index contributed by atoms with van der Waals surface area (Å²) in [5.74, 6) is 0.882. The lowest BCUT2D eigenvalue weighted by Gasteiger charge is -2.34. The van der Waals surface area contributed by atoms with Crippen molar-refractivity contribution in [1.29, 1.82) is 0 Å². The molecule has 2 heterocycles. The molecule has 0 radical (unpaired) electrons. The summed E-state index contributed by atoms with van der Waals surface area (Å²) in [6.45, 7) is 11.5. The first-order valence-electron chi connectivity index (χ1n) is 10.6. The van der Waals surface area contributed by atoms with E-state index >= 15 is 0 Å². The third-order valence-corrected chi connectivity index (χ3v) is 6.04. The maximum absolute atomic E-state index is 12.1. The highest BCUT2D eigenvalue weighted by atomic mass is 16.5. The van der Waals surface area contributed by atoms with E-state index in [1.807, 2.05) is 18.2 Å². The predicted octanol–water partition coefficient (Wildman–Crippen LogP) is 3.00.